The molecule has 1 N–H and O–H groups in total. The van der Waals surface area contributed by atoms with E-state index in [0.717, 1.165) is 12.8 Å². The summed E-state index contributed by atoms with van der Waals surface area (Å²) < 4.78 is 11.0. The van der Waals surface area contributed by atoms with E-state index in [4.69, 9.17) is 32.5 Å². The van der Waals surface area contributed by atoms with Crippen molar-refractivity contribution in [2.45, 2.75) is 26.7 Å². The number of alkyl halides is 1. The zero-order valence-corrected chi connectivity index (χ0v) is 11.3. The van der Waals surface area contributed by atoms with E-state index in [-0.39, 0.29) is 0 Å². The molecule has 0 heterocycles. The molecule has 0 atom stereocenters. The van der Waals surface area contributed by atoms with Gasteiger partial charge in [0.15, 0.2) is 0 Å². The Morgan fingerprint density at radius 1 is 1.21 bits per heavy atom. The first-order valence-electron chi connectivity index (χ1n) is 4.88. The molecule has 0 fully saturated rings. The molecule has 0 aliphatic heterocycles. The molecule has 0 aromatic rings. The molecular formula is C8H19ClNO2PS. The van der Waals surface area contributed by atoms with E-state index in [1.165, 1.54) is 0 Å². The van der Waals surface area contributed by atoms with E-state index in [0.29, 0.717) is 25.6 Å². The summed E-state index contributed by atoms with van der Waals surface area (Å²) in [6.07, 6.45) is 1.88. The van der Waals surface area contributed by atoms with Crippen molar-refractivity contribution in [3.63, 3.8) is 0 Å². The fraction of sp³-hybridized carbons (Fsp3) is 1.00. The first kappa shape index (κ1) is 14.8. The van der Waals surface area contributed by atoms with Crippen molar-refractivity contribution in [2.24, 2.45) is 0 Å². The Morgan fingerprint density at radius 2 is 1.71 bits per heavy atom. The van der Waals surface area contributed by atoms with Crippen LogP contribution in [-0.4, -0.2) is 25.6 Å². The van der Waals surface area contributed by atoms with Crippen molar-refractivity contribution in [1.82, 2.24) is 5.09 Å². The SMILES string of the molecule is CCCOP(=S)(NCCCl)OCCC. The topological polar surface area (TPSA) is 30.5 Å². The molecule has 0 saturated carbocycles. The Bertz CT molecular complexity index is 154. The summed E-state index contributed by atoms with van der Waals surface area (Å²) in [6, 6.07) is 0. The van der Waals surface area contributed by atoms with Gasteiger partial charge >= 0.3 is 0 Å². The second-order valence-corrected chi connectivity index (χ2v) is 6.41. The molecule has 0 aromatic carbocycles. The molecule has 0 amide bonds. The van der Waals surface area contributed by atoms with Crippen molar-refractivity contribution in [1.29, 1.82) is 0 Å². The second-order valence-electron chi connectivity index (χ2n) is 2.76. The molecule has 86 valence electrons. The van der Waals surface area contributed by atoms with Gasteiger partial charge in [-0.25, -0.2) is 5.09 Å². The average molecular weight is 260 g/mol. The third kappa shape index (κ3) is 7.16. The minimum Gasteiger partial charge on any atom is -0.318 e. The van der Waals surface area contributed by atoms with Gasteiger partial charge in [-0.05, 0) is 24.6 Å². The molecule has 0 aliphatic rings. The summed E-state index contributed by atoms with van der Waals surface area (Å²) >= 11 is 10.9. The number of rotatable bonds is 9. The summed E-state index contributed by atoms with van der Waals surface area (Å²) in [7, 11) is 0. The van der Waals surface area contributed by atoms with Gasteiger partial charge in [0.05, 0.1) is 13.2 Å². The third-order valence-electron chi connectivity index (χ3n) is 1.33. The van der Waals surface area contributed by atoms with E-state index in [1.807, 2.05) is 13.8 Å². The molecule has 0 aliphatic carbocycles. The van der Waals surface area contributed by atoms with Crippen LogP contribution in [0, 0.1) is 0 Å². The summed E-state index contributed by atoms with van der Waals surface area (Å²) in [5, 5.41) is 3.06. The second kappa shape index (κ2) is 9.08. The van der Waals surface area contributed by atoms with Gasteiger partial charge in [0.1, 0.15) is 0 Å². The fourth-order valence-corrected chi connectivity index (χ4v) is 3.17. The molecule has 0 unspecified atom stereocenters. The van der Waals surface area contributed by atoms with E-state index in [9.17, 15) is 0 Å². The summed E-state index contributed by atoms with van der Waals surface area (Å²) in [6.45, 7) is 3.72. The highest BCUT2D eigenvalue weighted by Crippen LogP contribution is 2.43. The highest BCUT2D eigenvalue weighted by Gasteiger charge is 2.16. The Kier molecular flexibility index (Phi) is 9.61. The minimum absolute atomic E-state index is 0.517. The van der Waals surface area contributed by atoms with Crippen LogP contribution >= 0.6 is 18.2 Å². The van der Waals surface area contributed by atoms with Gasteiger partial charge in [-0.1, -0.05) is 13.8 Å². The van der Waals surface area contributed by atoms with Crippen molar-refractivity contribution in [2.75, 3.05) is 25.6 Å². The molecule has 0 rings (SSSR count). The first-order chi connectivity index (χ1) is 6.68. The van der Waals surface area contributed by atoms with Crippen LogP contribution in [0.2, 0.25) is 0 Å². The van der Waals surface area contributed by atoms with E-state index in [2.05, 4.69) is 5.09 Å². The van der Waals surface area contributed by atoms with E-state index in [1.54, 1.807) is 0 Å². The van der Waals surface area contributed by atoms with Crippen LogP contribution in [0.15, 0.2) is 0 Å². The van der Waals surface area contributed by atoms with Crippen LogP contribution in [0.5, 0.6) is 0 Å². The molecule has 0 saturated heterocycles. The molecule has 0 aromatic heterocycles. The number of halogens is 1. The third-order valence-corrected chi connectivity index (χ3v) is 4.20. The minimum atomic E-state index is -2.27. The lowest BCUT2D eigenvalue weighted by Crippen LogP contribution is -2.17. The molecule has 0 spiro atoms. The van der Waals surface area contributed by atoms with Crippen LogP contribution < -0.4 is 5.09 Å². The zero-order chi connectivity index (χ0) is 10.9. The number of hydrogen-bond acceptors (Lipinski definition) is 3. The Balaban J connectivity index is 3.97. The highest BCUT2D eigenvalue weighted by atomic mass is 35.5. The van der Waals surface area contributed by atoms with Crippen molar-refractivity contribution in [3.8, 4) is 0 Å². The van der Waals surface area contributed by atoms with E-state index < -0.39 is 6.64 Å². The quantitative estimate of drug-likeness (QED) is 0.510. The Labute approximate surface area is 96.7 Å². The maximum Gasteiger partial charge on any atom is 0.261 e. The van der Waals surface area contributed by atoms with Crippen LogP contribution in [0.25, 0.3) is 0 Å². The molecule has 0 bridgehead atoms. The van der Waals surface area contributed by atoms with Gasteiger partial charge in [-0.3, -0.25) is 0 Å². The van der Waals surface area contributed by atoms with Crippen LogP contribution in [-0.2, 0) is 20.9 Å². The predicted molar refractivity (Wildman–Crippen MR) is 65.5 cm³/mol. The van der Waals surface area contributed by atoms with Gasteiger partial charge in [0.2, 0.25) is 0 Å². The van der Waals surface area contributed by atoms with Gasteiger partial charge in [0, 0.05) is 12.4 Å². The average Bonchev–Trinajstić information content (AvgIpc) is 2.21. The van der Waals surface area contributed by atoms with Crippen molar-refractivity contribution in [3.05, 3.63) is 0 Å². The number of hydrogen-bond donors (Lipinski definition) is 1. The first-order valence-corrected chi connectivity index (χ1v) is 8.06. The lowest BCUT2D eigenvalue weighted by atomic mass is 10.5. The molecule has 3 nitrogen and oxygen atoms in total. The lowest BCUT2D eigenvalue weighted by molar-refractivity contribution is 0.240. The van der Waals surface area contributed by atoms with Crippen LogP contribution in [0.4, 0.5) is 0 Å². The normalized spacial score (nSPS) is 11.9. The maximum atomic E-state index is 5.57. The van der Waals surface area contributed by atoms with Crippen LogP contribution in [0.3, 0.4) is 0 Å². The van der Waals surface area contributed by atoms with E-state index >= 15 is 0 Å². The van der Waals surface area contributed by atoms with Crippen LogP contribution in [0.1, 0.15) is 26.7 Å². The highest BCUT2D eigenvalue weighted by molar-refractivity contribution is 8.08. The van der Waals surface area contributed by atoms with Crippen molar-refractivity contribution < 1.29 is 9.05 Å². The zero-order valence-electron chi connectivity index (χ0n) is 8.79. The van der Waals surface area contributed by atoms with Gasteiger partial charge in [-0.15, -0.1) is 11.6 Å². The van der Waals surface area contributed by atoms with Gasteiger partial charge < -0.3 is 9.05 Å². The molecule has 6 heteroatoms. The predicted octanol–water partition coefficient (Wildman–Crippen LogP) is 2.89. The summed E-state index contributed by atoms with van der Waals surface area (Å²) in [4.78, 5) is 0. The fourth-order valence-electron chi connectivity index (χ4n) is 0.731. The largest absolute Gasteiger partial charge is 0.318 e. The monoisotopic (exact) mass is 259 g/mol. The van der Waals surface area contributed by atoms with Crippen molar-refractivity contribution >= 4 is 30.1 Å². The molecule has 0 radical (unpaired) electrons. The molecule has 14 heavy (non-hydrogen) atoms. The summed E-state index contributed by atoms with van der Waals surface area (Å²) in [5.74, 6) is 0.517. The summed E-state index contributed by atoms with van der Waals surface area (Å²) in [5.41, 5.74) is 0. The molecular weight excluding hydrogens is 241 g/mol. The number of nitrogens with one attached hydrogen (secondary N) is 1. The maximum absolute atomic E-state index is 5.57. The standard InChI is InChI=1S/C8H19ClNO2PS/c1-3-7-11-13(14,10-6-5-9)12-8-4-2/h3-8H2,1-2H3,(H,10,14). The Morgan fingerprint density at radius 3 is 2.07 bits per heavy atom. The smallest absolute Gasteiger partial charge is 0.261 e. The van der Waals surface area contributed by atoms with Gasteiger partial charge in [0.25, 0.3) is 6.64 Å². The van der Waals surface area contributed by atoms with Gasteiger partial charge in [-0.2, -0.15) is 0 Å². The lowest BCUT2D eigenvalue weighted by Gasteiger charge is -2.22. The Hall–Kier alpha value is 0.820.